The fourth-order valence-electron chi connectivity index (χ4n) is 4.05. The van der Waals surface area contributed by atoms with Gasteiger partial charge in [-0.25, -0.2) is 14.3 Å². The van der Waals surface area contributed by atoms with Crippen LogP contribution in [0.15, 0.2) is 40.2 Å². The van der Waals surface area contributed by atoms with E-state index in [9.17, 15) is 14.4 Å². The van der Waals surface area contributed by atoms with Crippen molar-refractivity contribution in [1.29, 1.82) is 0 Å². The van der Waals surface area contributed by atoms with Crippen molar-refractivity contribution in [2.75, 3.05) is 25.0 Å². The first-order chi connectivity index (χ1) is 14.4. The number of anilines is 1. The molecule has 0 bridgehead atoms. The third kappa shape index (κ3) is 3.40. The summed E-state index contributed by atoms with van der Waals surface area (Å²) >= 11 is 0. The second-order valence-corrected chi connectivity index (χ2v) is 7.83. The van der Waals surface area contributed by atoms with Crippen molar-refractivity contribution >= 4 is 22.8 Å². The fourth-order valence-corrected chi connectivity index (χ4v) is 4.05. The predicted octanol–water partition coefficient (Wildman–Crippen LogP) is 0.693. The van der Waals surface area contributed by atoms with Crippen LogP contribution in [0.3, 0.4) is 0 Å². The Labute approximate surface area is 173 Å². The maximum absolute atomic E-state index is 12.9. The highest BCUT2D eigenvalue weighted by Gasteiger charge is 2.20. The Bertz CT molecular complexity index is 1220. The molecule has 1 fully saturated rings. The normalized spacial score (nSPS) is 13.9. The number of carbonyl (C=O) groups excluding carboxylic acids is 1. The van der Waals surface area contributed by atoms with Crippen LogP contribution in [0.25, 0.3) is 11.2 Å². The molecule has 0 aliphatic carbocycles. The molecule has 158 valence electrons. The lowest BCUT2D eigenvalue weighted by atomic mass is 10.1. The summed E-state index contributed by atoms with van der Waals surface area (Å²) in [5.41, 5.74) is 1.74. The van der Waals surface area contributed by atoms with Crippen molar-refractivity contribution < 1.29 is 4.79 Å². The van der Waals surface area contributed by atoms with Gasteiger partial charge in [-0.05, 0) is 24.5 Å². The van der Waals surface area contributed by atoms with E-state index in [1.165, 1.54) is 23.7 Å². The zero-order valence-electron chi connectivity index (χ0n) is 17.5. The van der Waals surface area contributed by atoms with Crippen LogP contribution in [0.1, 0.15) is 18.4 Å². The third-order valence-corrected chi connectivity index (χ3v) is 5.77. The topological polar surface area (TPSA) is 85.4 Å². The summed E-state index contributed by atoms with van der Waals surface area (Å²) in [6.45, 7) is 2.14. The highest BCUT2D eigenvalue weighted by atomic mass is 16.2. The molecule has 1 aromatic carbocycles. The number of imidazole rings is 1. The van der Waals surface area contributed by atoms with Gasteiger partial charge in [0.15, 0.2) is 11.2 Å². The first-order valence-corrected chi connectivity index (χ1v) is 10.1. The quantitative estimate of drug-likeness (QED) is 0.618. The largest absolute Gasteiger partial charge is 0.371 e. The van der Waals surface area contributed by atoms with E-state index in [2.05, 4.69) is 16.0 Å². The van der Waals surface area contributed by atoms with Crippen LogP contribution >= 0.6 is 0 Å². The van der Waals surface area contributed by atoms with Crippen molar-refractivity contribution in [2.24, 2.45) is 14.1 Å². The zero-order chi connectivity index (χ0) is 21.4. The molecule has 1 saturated heterocycles. The number of carbonyl (C=O) groups is 1. The molecule has 0 N–H and O–H groups in total. The van der Waals surface area contributed by atoms with Crippen molar-refractivity contribution in [3.8, 4) is 0 Å². The standard InChI is InChI=1S/C21H26N6O3/c1-23(12-15-8-4-5-9-16(15)26-10-6-7-11-26)17(28)13-27-20(29)18-19(22-14-24(18)2)25(3)21(27)30/h4-5,8-9,14H,6-7,10-13H2,1-3H3. The molecule has 0 saturated carbocycles. The van der Waals surface area contributed by atoms with Gasteiger partial charge in [-0.3, -0.25) is 14.2 Å². The zero-order valence-corrected chi connectivity index (χ0v) is 17.5. The summed E-state index contributed by atoms with van der Waals surface area (Å²) in [7, 11) is 4.93. The Kier molecular flexibility index (Phi) is 5.19. The van der Waals surface area contributed by atoms with Gasteiger partial charge in [-0.1, -0.05) is 18.2 Å². The molecule has 0 atom stereocenters. The minimum Gasteiger partial charge on any atom is -0.371 e. The van der Waals surface area contributed by atoms with Gasteiger partial charge < -0.3 is 14.4 Å². The van der Waals surface area contributed by atoms with E-state index in [1.54, 1.807) is 30.6 Å². The number of nitrogens with zero attached hydrogens (tertiary/aromatic N) is 6. The number of rotatable bonds is 5. The SMILES string of the molecule is CN(Cc1ccccc1N1CCCC1)C(=O)Cn1c(=O)c2c(ncn2C)n(C)c1=O. The lowest BCUT2D eigenvalue weighted by molar-refractivity contribution is -0.131. The summed E-state index contributed by atoms with van der Waals surface area (Å²) in [5.74, 6) is -0.299. The monoisotopic (exact) mass is 410 g/mol. The molecule has 1 amide bonds. The smallest absolute Gasteiger partial charge is 0.332 e. The first kappa shape index (κ1) is 19.9. The van der Waals surface area contributed by atoms with Crippen LogP contribution in [0.2, 0.25) is 0 Å². The number of aryl methyl sites for hydroxylation is 2. The van der Waals surface area contributed by atoms with Crippen molar-refractivity contribution in [3.05, 3.63) is 57.0 Å². The van der Waals surface area contributed by atoms with Gasteiger partial charge >= 0.3 is 5.69 Å². The number of aromatic nitrogens is 4. The summed E-state index contributed by atoms with van der Waals surface area (Å²) in [6.07, 6.45) is 3.83. The van der Waals surface area contributed by atoms with Gasteiger partial charge in [-0.15, -0.1) is 0 Å². The van der Waals surface area contributed by atoms with E-state index >= 15 is 0 Å². The van der Waals surface area contributed by atoms with Crippen LogP contribution < -0.4 is 16.1 Å². The Morgan fingerprint density at radius 3 is 2.57 bits per heavy atom. The highest BCUT2D eigenvalue weighted by molar-refractivity contribution is 5.77. The molecular formula is C21H26N6O3. The van der Waals surface area contributed by atoms with Gasteiger partial charge in [0.1, 0.15) is 6.54 Å². The molecule has 3 heterocycles. The molecule has 2 aromatic heterocycles. The number of hydrogen-bond donors (Lipinski definition) is 0. The van der Waals surface area contributed by atoms with E-state index < -0.39 is 11.2 Å². The Balaban J connectivity index is 1.59. The van der Waals surface area contributed by atoms with Gasteiger partial charge in [0.05, 0.1) is 6.33 Å². The predicted molar refractivity (Wildman–Crippen MR) is 115 cm³/mol. The molecule has 1 aliphatic rings. The maximum Gasteiger partial charge on any atom is 0.332 e. The summed E-state index contributed by atoms with van der Waals surface area (Å²) in [4.78, 5) is 46.4. The molecule has 30 heavy (non-hydrogen) atoms. The summed E-state index contributed by atoms with van der Waals surface area (Å²) in [5, 5.41) is 0. The number of benzene rings is 1. The Hall–Kier alpha value is -3.36. The van der Waals surface area contributed by atoms with E-state index in [0.717, 1.165) is 28.9 Å². The summed E-state index contributed by atoms with van der Waals surface area (Å²) < 4.78 is 3.84. The van der Waals surface area contributed by atoms with Crippen LogP contribution in [0, 0.1) is 0 Å². The number of fused-ring (bicyclic) bond motifs is 1. The Morgan fingerprint density at radius 1 is 1.13 bits per heavy atom. The molecular weight excluding hydrogens is 384 g/mol. The van der Waals surface area contributed by atoms with Gasteiger partial charge in [0, 0.05) is 46.5 Å². The number of para-hydroxylation sites is 1. The molecule has 0 radical (unpaired) electrons. The average molecular weight is 410 g/mol. The molecule has 3 aromatic rings. The molecule has 0 unspecified atom stereocenters. The second kappa shape index (κ2) is 7.81. The van der Waals surface area contributed by atoms with Crippen molar-refractivity contribution in [1.82, 2.24) is 23.6 Å². The molecule has 1 aliphatic heterocycles. The lowest BCUT2D eigenvalue weighted by Gasteiger charge is -2.24. The molecule has 0 spiro atoms. The Morgan fingerprint density at radius 2 is 1.83 bits per heavy atom. The van der Waals surface area contributed by atoms with Crippen LogP contribution in [-0.2, 0) is 32.0 Å². The third-order valence-electron chi connectivity index (χ3n) is 5.77. The first-order valence-electron chi connectivity index (χ1n) is 10.1. The van der Waals surface area contributed by atoms with Crippen molar-refractivity contribution in [3.63, 3.8) is 0 Å². The number of likely N-dealkylation sites (N-methyl/N-ethyl adjacent to an activating group) is 1. The van der Waals surface area contributed by atoms with Crippen LogP contribution in [-0.4, -0.2) is 49.6 Å². The van der Waals surface area contributed by atoms with E-state index in [4.69, 9.17) is 0 Å². The minimum absolute atomic E-state index is 0.298. The van der Waals surface area contributed by atoms with Crippen molar-refractivity contribution in [2.45, 2.75) is 25.9 Å². The van der Waals surface area contributed by atoms with Crippen LogP contribution in [0.5, 0.6) is 0 Å². The number of amides is 1. The second-order valence-electron chi connectivity index (χ2n) is 7.83. The van der Waals surface area contributed by atoms with Gasteiger partial charge in [0.25, 0.3) is 5.56 Å². The fraction of sp³-hybridized carbons (Fsp3) is 0.429. The molecule has 9 nitrogen and oxygen atoms in total. The highest BCUT2D eigenvalue weighted by Crippen LogP contribution is 2.25. The van der Waals surface area contributed by atoms with E-state index in [1.807, 2.05) is 18.2 Å². The van der Waals surface area contributed by atoms with Crippen LogP contribution in [0.4, 0.5) is 5.69 Å². The minimum atomic E-state index is -0.551. The van der Waals surface area contributed by atoms with Gasteiger partial charge in [0.2, 0.25) is 5.91 Å². The molecule has 4 rings (SSSR count). The van der Waals surface area contributed by atoms with E-state index in [-0.39, 0.29) is 12.5 Å². The maximum atomic E-state index is 12.9. The number of hydrogen-bond acceptors (Lipinski definition) is 5. The van der Waals surface area contributed by atoms with Gasteiger partial charge in [-0.2, -0.15) is 0 Å². The molecule has 9 heteroatoms. The lowest BCUT2D eigenvalue weighted by Crippen LogP contribution is -2.43. The summed E-state index contributed by atoms with van der Waals surface area (Å²) in [6, 6.07) is 8.06. The van der Waals surface area contributed by atoms with E-state index in [0.29, 0.717) is 17.7 Å². The average Bonchev–Trinajstić information content (AvgIpc) is 3.40.